The lowest BCUT2D eigenvalue weighted by molar-refractivity contribution is -0.139. The summed E-state index contributed by atoms with van der Waals surface area (Å²) in [4.78, 5) is 22.7. The first-order chi connectivity index (χ1) is 8.63. The highest BCUT2D eigenvalue weighted by molar-refractivity contribution is 6.36. The summed E-state index contributed by atoms with van der Waals surface area (Å²) in [6.45, 7) is -0.223. The zero-order valence-electron chi connectivity index (χ0n) is 9.51. The summed E-state index contributed by atoms with van der Waals surface area (Å²) in [5.41, 5.74) is 0.703. The van der Waals surface area contributed by atoms with Crippen LogP contribution in [0.15, 0.2) is 24.4 Å². The molecule has 0 spiro atoms. The van der Waals surface area contributed by atoms with E-state index in [0.29, 0.717) is 5.52 Å². The third kappa shape index (κ3) is 2.28. The van der Waals surface area contributed by atoms with Crippen LogP contribution >= 0.6 is 11.6 Å². The van der Waals surface area contributed by atoms with E-state index in [1.165, 1.54) is 11.6 Å². The molecule has 2 aromatic heterocycles. The molecule has 2 heterocycles. The number of fused-ring (bicyclic) bond motifs is 1. The van der Waals surface area contributed by atoms with Crippen LogP contribution in [0.1, 0.15) is 10.5 Å². The second-order valence-electron chi connectivity index (χ2n) is 3.45. The van der Waals surface area contributed by atoms with Crippen molar-refractivity contribution in [1.29, 1.82) is 0 Å². The molecule has 2 rings (SSSR count). The summed E-state index contributed by atoms with van der Waals surface area (Å²) in [5, 5.41) is 6.66. The molecule has 0 aromatic carbocycles. The van der Waals surface area contributed by atoms with Crippen LogP contribution in [0.2, 0.25) is 5.02 Å². The fourth-order valence-electron chi connectivity index (χ4n) is 1.42. The molecule has 18 heavy (non-hydrogen) atoms. The standard InChI is InChI=1S/C11H10ClN3O3/c1-18-8(16)6-13-11(17)10-9(12)7-4-2-3-5-15(7)14-10/h2-5H,6H2,1H3,(H,13,17). The summed E-state index contributed by atoms with van der Waals surface area (Å²) >= 11 is 6.04. The van der Waals surface area contributed by atoms with Gasteiger partial charge in [0.1, 0.15) is 6.54 Å². The Morgan fingerprint density at radius 3 is 2.94 bits per heavy atom. The maximum atomic E-state index is 11.8. The monoisotopic (exact) mass is 267 g/mol. The highest BCUT2D eigenvalue weighted by Gasteiger charge is 2.18. The number of carbonyl (C=O) groups is 2. The van der Waals surface area contributed by atoms with Crippen molar-refractivity contribution in [1.82, 2.24) is 14.9 Å². The van der Waals surface area contributed by atoms with Gasteiger partial charge in [0.2, 0.25) is 0 Å². The first-order valence-electron chi connectivity index (χ1n) is 5.11. The van der Waals surface area contributed by atoms with Crippen molar-refractivity contribution in [2.24, 2.45) is 0 Å². The molecule has 0 saturated heterocycles. The average molecular weight is 268 g/mol. The molecule has 0 atom stereocenters. The number of hydrogen-bond acceptors (Lipinski definition) is 4. The van der Waals surface area contributed by atoms with Gasteiger partial charge >= 0.3 is 5.97 Å². The molecule has 7 heteroatoms. The zero-order valence-corrected chi connectivity index (χ0v) is 10.3. The van der Waals surface area contributed by atoms with Gasteiger partial charge in [0.05, 0.1) is 17.6 Å². The minimum Gasteiger partial charge on any atom is -0.468 e. The van der Waals surface area contributed by atoms with Crippen molar-refractivity contribution in [3.8, 4) is 0 Å². The number of esters is 1. The van der Waals surface area contributed by atoms with Crippen LogP contribution in [0.3, 0.4) is 0 Å². The fourth-order valence-corrected chi connectivity index (χ4v) is 1.70. The number of methoxy groups -OCH3 is 1. The topological polar surface area (TPSA) is 72.7 Å². The van der Waals surface area contributed by atoms with Crippen molar-refractivity contribution < 1.29 is 14.3 Å². The first-order valence-corrected chi connectivity index (χ1v) is 5.49. The Balaban J connectivity index is 2.23. The maximum absolute atomic E-state index is 11.8. The van der Waals surface area contributed by atoms with Crippen LogP contribution in [-0.4, -0.2) is 35.1 Å². The Labute approximate surface area is 107 Å². The van der Waals surface area contributed by atoms with Crippen molar-refractivity contribution in [2.75, 3.05) is 13.7 Å². The lowest BCUT2D eigenvalue weighted by Gasteiger charge is -2.01. The van der Waals surface area contributed by atoms with E-state index in [9.17, 15) is 9.59 Å². The van der Waals surface area contributed by atoms with Gasteiger partial charge < -0.3 is 10.1 Å². The molecule has 0 aliphatic heterocycles. The second kappa shape index (κ2) is 5.05. The fraction of sp³-hybridized carbons (Fsp3) is 0.182. The number of aromatic nitrogens is 2. The molecular weight excluding hydrogens is 258 g/mol. The predicted octanol–water partition coefficient (Wildman–Crippen LogP) is 0.890. The minimum absolute atomic E-state index is 0.0757. The number of carbonyl (C=O) groups excluding carboxylic acids is 2. The van der Waals surface area contributed by atoms with E-state index >= 15 is 0 Å². The third-order valence-corrected chi connectivity index (χ3v) is 2.69. The van der Waals surface area contributed by atoms with Gasteiger partial charge in [0.25, 0.3) is 5.91 Å². The lowest BCUT2D eigenvalue weighted by atomic mass is 10.3. The van der Waals surface area contributed by atoms with Crippen LogP contribution in [0.4, 0.5) is 0 Å². The van der Waals surface area contributed by atoms with E-state index < -0.39 is 11.9 Å². The van der Waals surface area contributed by atoms with Gasteiger partial charge in [0.15, 0.2) is 5.69 Å². The Kier molecular flexibility index (Phi) is 3.47. The number of pyridine rings is 1. The average Bonchev–Trinajstić information content (AvgIpc) is 2.73. The molecule has 1 amide bonds. The molecule has 0 radical (unpaired) electrons. The van der Waals surface area contributed by atoms with E-state index in [4.69, 9.17) is 11.6 Å². The third-order valence-electron chi connectivity index (χ3n) is 2.32. The SMILES string of the molecule is COC(=O)CNC(=O)c1nn2ccccc2c1Cl. The molecule has 6 nitrogen and oxygen atoms in total. The van der Waals surface area contributed by atoms with Crippen LogP contribution in [-0.2, 0) is 9.53 Å². The Morgan fingerprint density at radius 1 is 1.50 bits per heavy atom. The van der Waals surface area contributed by atoms with Gasteiger partial charge in [-0.25, -0.2) is 4.52 Å². The Hall–Kier alpha value is -2.08. The number of amides is 1. The van der Waals surface area contributed by atoms with E-state index in [1.807, 2.05) is 0 Å². The molecule has 0 saturated carbocycles. The van der Waals surface area contributed by atoms with E-state index in [0.717, 1.165) is 0 Å². The highest BCUT2D eigenvalue weighted by Crippen LogP contribution is 2.21. The van der Waals surface area contributed by atoms with Gasteiger partial charge in [-0.1, -0.05) is 17.7 Å². The Morgan fingerprint density at radius 2 is 2.28 bits per heavy atom. The lowest BCUT2D eigenvalue weighted by Crippen LogP contribution is -2.30. The molecule has 0 bridgehead atoms. The largest absolute Gasteiger partial charge is 0.468 e. The van der Waals surface area contributed by atoms with E-state index in [-0.39, 0.29) is 17.3 Å². The summed E-state index contributed by atoms with van der Waals surface area (Å²) in [7, 11) is 1.24. The number of nitrogens with one attached hydrogen (secondary N) is 1. The first kappa shape index (κ1) is 12.4. The quantitative estimate of drug-likeness (QED) is 0.839. The highest BCUT2D eigenvalue weighted by atomic mass is 35.5. The van der Waals surface area contributed by atoms with Gasteiger partial charge in [-0.15, -0.1) is 0 Å². The van der Waals surface area contributed by atoms with Crippen molar-refractivity contribution in [3.63, 3.8) is 0 Å². The zero-order chi connectivity index (χ0) is 13.1. The smallest absolute Gasteiger partial charge is 0.325 e. The number of nitrogens with zero attached hydrogens (tertiary/aromatic N) is 2. The van der Waals surface area contributed by atoms with Crippen LogP contribution in [0.25, 0.3) is 5.52 Å². The number of ether oxygens (including phenoxy) is 1. The predicted molar refractivity (Wildman–Crippen MR) is 64.6 cm³/mol. The van der Waals surface area contributed by atoms with Crippen molar-refractivity contribution in [2.45, 2.75) is 0 Å². The number of rotatable bonds is 3. The summed E-state index contributed by atoms with van der Waals surface area (Å²) in [6, 6.07) is 5.30. The van der Waals surface area contributed by atoms with E-state index in [1.54, 1.807) is 24.4 Å². The molecule has 0 aliphatic carbocycles. The van der Waals surface area contributed by atoms with Crippen molar-refractivity contribution >= 4 is 29.0 Å². The molecule has 0 aliphatic rings. The van der Waals surface area contributed by atoms with Gasteiger partial charge in [0, 0.05) is 6.20 Å². The molecule has 2 aromatic rings. The van der Waals surface area contributed by atoms with E-state index in [2.05, 4.69) is 15.2 Å². The maximum Gasteiger partial charge on any atom is 0.325 e. The summed E-state index contributed by atoms with van der Waals surface area (Å²) in [6.07, 6.45) is 1.68. The van der Waals surface area contributed by atoms with Crippen LogP contribution in [0.5, 0.6) is 0 Å². The van der Waals surface area contributed by atoms with Crippen LogP contribution in [0, 0.1) is 0 Å². The van der Waals surface area contributed by atoms with Gasteiger partial charge in [-0.05, 0) is 12.1 Å². The summed E-state index contributed by atoms with van der Waals surface area (Å²) in [5.74, 6) is -1.06. The van der Waals surface area contributed by atoms with Crippen molar-refractivity contribution in [3.05, 3.63) is 35.1 Å². The minimum atomic E-state index is -0.539. The molecule has 0 unspecified atom stereocenters. The Bertz CT molecular complexity index is 609. The van der Waals surface area contributed by atoms with Crippen LogP contribution < -0.4 is 5.32 Å². The molecule has 0 fully saturated rings. The van der Waals surface area contributed by atoms with Gasteiger partial charge in [-0.3, -0.25) is 9.59 Å². The number of halogens is 1. The molecule has 94 valence electrons. The summed E-state index contributed by atoms with van der Waals surface area (Å²) < 4.78 is 5.91. The molecule has 1 N–H and O–H groups in total. The van der Waals surface area contributed by atoms with Gasteiger partial charge in [-0.2, -0.15) is 5.10 Å². The molecular formula is C11H10ClN3O3. The second-order valence-corrected chi connectivity index (χ2v) is 3.83. The normalized spacial score (nSPS) is 10.3. The number of hydrogen-bond donors (Lipinski definition) is 1.